The van der Waals surface area contributed by atoms with Crippen molar-refractivity contribution in [3.8, 4) is 0 Å². The average molecular weight is 481 g/mol. The summed E-state index contributed by atoms with van der Waals surface area (Å²) in [6.07, 6.45) is 0.316. The van der Waals surface area contributed by atoms with Gasteiger partial charge in [-0.2, -0.15) is 0 Å². The topological polar surface area (TPSA) is 49.4 Å². The van der Waals surface area contributed by atoms with E-state index in [-0.39, 0.29) is 23.9 Å². The molecular weight excluding hydrogens is 451 g/mol. The highest BCUT2D eigenvalue weighted by Crippen LogP contribution is 2.25. The highest BCUT2D eigenvalue weighted by atomic mass is 35.5. The van der Waals surface area contributed by atoms with E-state index in [1.54, 1.807) is 41.8 Å². The lowest BCUT2D eigenvalue weighted by Crippen LogP contribution is -2.52. The van der Waals surface area contributed by atoms with Gasteiger partial charge in [-0.05, 0) is 64.4 Å². The molecule has 0 aromatic heterocycles. The fraction of sp³-hybridized carbons (Fsp3) is 0.417. The maximum absolute atomic E-state index is 13.1. The molecule has 0 spiro atoms. The number of benzene rings is 2. The summed E-state index contributed by atoms with van der Waals surface area (Å²) in [7, 11) is 0. The zero-order chi connectivity index (χ0) is 23.2. The van der Waals surface area contributed by atoms with Crippen LogP contribution < -0.4 is 5.32 Å². The first-order valence-corrected chi connectivity index (χ1v) is 12.0. The summed E-state index contributed by atoms with van der Waals surface area (Å²) < 4.78 is 0. The van der Waals surface area contributed by atoms with Crippen molar-refractivity contribution >= 4 is 46.8 Å². The third-order valence-corrected chi connectivity index (χ3v) is 6.23. The summed E-state index contributed by atoms with van der Waals surface area (Å²) >= 11 is 14.0. The van der Waals surface area contributed by atoms with Crippen LogP contribution in [0.15, 0.2) is 47.4 Å². The number of thioether (sulfide) groups is 1. The Hall–Kier alpha value is -1.69. The number of carbonyl (C=O) groups is 2. The first-order chi connectivity index (χ1) is 14.5. The smallest absolute Gasteiger partial charge is 0.242 e. The molecule has 31 heavy (non-hydrogen) atoms. The summed E-state index contributed by atoms with van der Waals surface area (Å²) in [5.41, 5.74) is 1.56. The van der Waals surface area contributed by atoms with Gasteiger partial charge in [-0.1, -0.05) is 47.0 Å². The van der Waals surface area contributed by atoms with Crippen LogP contribution in [0, 0.1) is 6.92 Å². The molecule has 0 heterocycles. The maximum atomic E-state index is 13.1. The van der Waals surface area contributed by atoms with E-state index >= 15 is 0 Å². The molecule has 2 aromatic rings. The largest absolute Gasteiger partial charge is 0.350 e. The molecule has 2 amide bonds. The zero-order valence-corrected chi connectivity index (χ0v) is 21.0. The molecule has 0 bridgehead atoms. The second kappa shape index (κ2) is 11.3. The van der Waals surface area contributed by atoms with Crippen LogP contribution in [0.3, 0.4) is 0 Å². The number of amides is 2. The summed E-state index contributed by atoms with van der Waals surface area (Å²) in [6, 6.07) is 12.7. The monoisotopic (exact) mass is 480 g/mol. The molecule has 0 aliphatic rings. The van der Waals surface area contributed by atoms with Crippen molar-refractivity contribution in [2.45, 2.75) is 64.1 Å². The number of nitrogens with one attached hydrogen (secondary N) is 1. The van der Waals surface area contributed by atoms with Gasteiger partial charge in [-0.25, -0.2) is 0 Å². The molecule has 2 aromatic carbocycles. The number of nitrogens with zero attached hydrogens (tertiary/aromatic N) is 1. The Bertz CT molecular complexity index is 911. The molecule has 0 radical (unpaired) electrons. The predicted molar refractivity (Wildman–Crippen MR) is 131 cm³/mol. The first kappa shape index (κ1) is 25.6. The summed E-state index contributed by atoms with van der Waals surface area (Å²) in [5.74, 6) is 0.333. The van der Waals surface area contributed by atoms with Crippen LogP contribution in [0.5, 0.6) is 0 Å². The van der Waals surface area contributed by atoms with Crippen molar-refractivity contribution in [1.29, 1.82) is 0 Å². The maximum Gasteiger partial charge on any atom is 0.242 e. The van der Waals surface area contributed by atoms with Crippen LogP contribution in [0.2, 0.25) is 10.0 Å². The molecule has 2 rings (SSSR count). The van der Waals surface area contributed by atoms with Gasteiger partial charge in [-0.3, -0.25) is 9.59 Å². The van der Waals surface area contributed by atoms with E-state index in [2.05, 4.69) is 29.6 Å². The lowest BCUT2D eigenvalue weighted by molar-refractivity contribution is -0.140. The van der Waals surface area contributed by atoms with Crippen LogP contribution >= 0.6 is 35.0 Å². The molecule has 0 fully saturated rings. The van der Waals surface area contributed by atoms with Crippen LogP contribution in [-0.4, -0.2) is 34.0 Å². The zero-order valence-electron chi connectivity index (χ0n) is 18.7. The van der Waals surface area contributed by atoms with Crippen molar-refractivity contribution in [3.63, 3.8) is 0 Å². The summed E-state index contributed by atoms with van der Waals surface area (Å²) in [6.45, 7) is 9.77. The molecule has 0 aliphatic carbocycles. The number of carbonyl (C=O) groups excluding carboxylic acids is 2. The number of halogens is 2. The fourth-order valence-electron chi connectivity index (χ4n) is 2.92. The molecule has 0 aliphatic heterocycles. The van der Waals surface area contributed by atoms with E-state index in [0.29, 0.717) is 22.2 Å². The average Bonchev–Trinajstić information content (AvgIpc) is 2.67. The van der Waals surface area contributed by atoms with E-state index in [1.165, 1.54) is 5.56 Å². The molecule has 168 valence electrons. The number of aryl methyl sites for hydroxylation is 1. The predicted octanol–water partition coefficient (Wildman–Crippen LogP) is 6.12. The second-order valence-electron chi connectivity index (χ2n) is 8.58. The minimum Gasteiger partial charge on any atom is -0.350 e. The van der Waals surface area contributed by atoms with Gasteiger partial charge in [0.05, 0.1) is 0 Å². The molecule has 0 saturated heterocycles. The first-order valence-electron chi connectivity index (χ1n) is 10.2. The highest BCUT2D eigenvalue weighted by Gasteiger charge is 2.28. The van der Waals surface area contributed by atoms with Crippen molar-refractivity contribution < 1.29 is 9.59 Å². The molecule has 4 nitrogen and oxygen atoms in total. The van der Waals surface area contributed by atoms with E-state index in [0.717, 1.165) is 10.5 Å². The van der Waals surface area contributed by atoms with Crippen molar-refractivity contribution in [1.82, 2.24) is 10.2 Å². The molecule has 0 unspecified atom stereocenters. The van der Waals surface area contributed by atoms with Gasteiger partial charge < -0.3 is 10.2 Å². The van der Waals surface area contributed by atoms with Gasteiger partial charge in [-0.15, -0.1) is 11.8 Å². The molecule has 7 heteroatoms. The summed E-state index contributed by atoms with van der Waals surface area (Å²) in [4.78, 5) is 28.6. The molecule has 1 N–H and O–H groups in total. The normalized spacial score (nSPS) is 12.4. The van der Waals surface area contributed by atoms with Crippen molar-refractivity contribution in [2.75, 3.05) is 5.75 Å². The van der Waals surface area contributed by atoms with Crippen LogP contribution in [0.25, 0.3) is 0 Å². The van der Waals surface area contributed by atoms with E-state index in [1.807, 2.05) is 27.7 Å². The third-order valence-electron chi connectivity index (χ3n) is 4.63. The SMILES string of the molecule is Cc1ccc(SCCC(=O)N(Cc2ccc(Cl)cc2Cl)[C@H](C)C(=O)NC(C)(C)C)cc1. The van der Waals surface area contributed by atoms with Crippen LogP contribution in [0.4, 0.5) is 0 Å². The molecule has 1 atom stereocenters. The molecule has 0 saturated carbocycles. The number of rotatable bonds is 8. The Labute approximate surface area is 199 Å². The minimum atomic E-state index is -0.636. The third kappa shape index (κ3) is 8.40. The lowest BCUT2D eigenvalue weighted by Gasteiger charge is -2.31. The van der Waals surface area contributed by atoms with Gasteiger partial charge in [0.15, 0.2) is 0 Å². The minimum absolute atomic E-state index is 0.0952. The number of hydrogen-bond donors (Lipinski definition) is 1. The van der Waals surface area contributed by atoms with Crippen molar-refractivity contribution in [3.05, 3.63) is 63.6 Å². The molecular formula is C24H30Cl2N2O2S. The van der Waals surface area contributed by atoms with E-state index < -0.39 is 6.04 Å². The van der Waals surface area contributed by atoms with Crippen LogP contribution in [-0.2, 0) is 16.1 Å². The Morgan fingerprint density at radius 2 is 1.74 bits per heavy atom. The quantitative estimate of drug-likeness (QED) is 0.463. The van der Waals surface area contributed by atoms with E-state index in [9.17, 15) is 9.59 Å². The van der Waals surface area contributed by atoms with E-state index in [4.69, 9.17) is 23.2 Å². The van der Waals surface area contributed by atoms with Gasteiger partial charge in [0.1, 0.15) is 6.04 Å². The fourth-order valence-corrected chi connectivity index (χ4v) is 4.23. The number of hydrogen-bond acceptors (Lipinski definition) is 3. The van der Waals surface area contributed by atoms with Gasteiger partial charge in [0.25, 0.3) is 0 Å². The highest BCUT2D eigenvalue weighted by molar-refractivity contribution is 7.99. The van der Waals surface area contributed by atoms with Crippen molar-refractivity contribution in [2.24, 2.45) is 0 Å². The second-order valence-corrected chi connectivity index (χ2v) is 10.6. The van der Waals surface area contributed by atoms with Crippen LogP contribution in [0.1, 0.15) is 45.2 Å². The Morgan fingerprint density at radius 3 is 2.32 bits per heavy atom. The van der Waals surface area contributed by atoms with Gasteiger partial charge in [0, 0.05) is 39.2 Å². The standard InChI is InChI=1S/C24H30Cl2N2O2S/c1-16-6-10-20(11-7-16)31-13-12-22(29)28(17(2)23(30)27-24(3,4)5)15-18-8-9-19(25)14-21(18)26/h6-11,14,17H,12-13,15H2,1-5H3,(H,27,30)/t17-/m1/s1. The lowest BCUT2D eigenvalue weighted by atomic mass is 10.1. The Balaban J connectivity index is 2.13. The Morgan fingerprint density at radius 1 is 1.10 bits per heavy atom. The summed E-state index contributed by atoms with van der Waals surface area (Å²) in [5, 5.41) is 3.96. The van der Waals surface area contributed by atoms with Gasteiger partial charge >= 0.3 is 0 Å². The van der Waals surface area contributed by atoms with Gasteiger partial charge in [0.2, 0.25) is 11.8 Å². The Kier molecular flexibility index (Phi) is 9.28.